The highest BCUT2D eigenvalue weighted by Gasteiger charge is 2.34. The fraction of sp³-hybridized carbons (Fsp3) is 0.900. The van der Waals surface area contributed by atoms with Gasteiger partial charge >= 0.3 is 0 Å². The van der Waals surface area contributed by atoms with Gasteiger partial charge in [0.2, 0.25) is 5.91 Å². The highest BCUT2D eigenvalue weighted by atomic mass is 16.5. The van der Waals surface area contributed by atoms with Crippen LogP contribution >= 0.6 is 0 Å². The van der Waals surface area contributed by atoms with Crippen LogP contribution < -0.4 is 5.32 Å². The lowest BCUT2D eigenvalue weighted by Gasteiger charge is -2.37. The fourth-order valence-electron chi connectivity index (χ4n) is 2.47. The lowest BCUT2D eigenvalue weighted by atomic mass is 9.93. The number of hydrogen-bond donors (Lipinski definition) is 1. The molecule has 2 aliphatic heterocycles. The molecule has 0 spiro atoms. The second kappa shape index (κ2) is 4.28. The van der Waals surface area contributed by atoms with Gasteiger partial charge in [-0.1, -0.05) is 0 Å². The number of hydrogen-bond acceptors (Lipinski definition) is 3. The van der Waals surface area contributed by atoms with Crippen molar-refractivity contribution in [3.8, 4) is 0 Å². The van der Waals surface area contributed by atoms with Gasteiger partial charge in [0, 0.05) is 25.0 Å². The standard InChI is InChI=1S/C10H18N2O2/c1-2-12-9-3-4-11-5-8(9)6-14-7-10(12)13/h8-9,11H,2-7H2,1H3/t8-,9-/m0/s1. The quantitative estimate of drug-likeness (QED) is 0.637. The zero-order valence-electron chi connectivity index (χ0n) is 8.66. The molecule has 2 fully saturated rings. The number of piperidine rings is 1. The van der Waals surface area contributed by atoms with E-state index in [4.69, 9.17) is 4.74 Å². The SMILES string of the molecule is CCN1C(=O)COC[C@@H]2CNCC[C@@H]21. The first-order valence-corrected chi connectivity index (χ1v) is 5.41. The van der Waals surface area contributed by atoms with E-state index in [1.165, 1.54) is 0 Å². The van der Waals surface area contributed by atoms with Gasteiger partial charge in [0.25, 0.3) is 0 Å². The van der Waals surface area contributed by atoms with Crippen molar-refractivity contribution in [2.24, 2.45) is 5.92 Å². The normalized spacial score (nSPS) is 33.8. The zero-order valence-corrected chi connectivity index (χ0v) is 8.66. The lowest BCUT2D eigenvalue weighted by molar-refractivity contribution is -0.135. The molecule has 0 aromatic rings. The molecule has 4 nitrogen and oxygen atoms in total. The Morgan fingerprint density at radius 2 is 2.50 bits per heavy atom. The predicted molar refractivity (Wildman–Crippen MR) is 53.0 cm³/mol. The topological polar surface area (TPSA) is 41.6 Å². The minimum absolute atomic E-state index is 0.155. The molecule has 2 atom stereocenters. The van der Waals surface area contributed by atoms with Crippen LogP contribution in [-0.2, 0) is 9.53 Å². The summed E-state index contributed by atoms with van der Waals surface area (Å²) in [6.45, 7) is 5.84. The van der Waals surface area contributed by atoms with Crippen molar-refractivity contribution in [2.75, 3.05) is 32.8 Å². The molecule has 2 rings (SSSR count). The average Bonchev–Trinajstić information content (AvgIpc) is 2.36. The molecule has 80 valence electrons. The van der Waals surface area contributed by atoms with Crippen LogP contribution in [-0.4, -0.2) is 49.7 Å². The van der Waals surface area contributed by atoms with E-state index >= 15 is 0 Å². The summed E-state index contributed by atoms with van der Waals surface area (Å²) in [7, 11) is 0. The Bertz CT molecular complexity index is 220. The monoisotopic (exact) mass is 198 g/mol. The highest BCUT2D eigenvalue weighted by Crippen LogP contribution is 2.21. The van der Waals surface area contributed by atoms with Gasteiger partial charge in [-0.3, -0.25) is 4.79 Å². The molecular formula is C10H18N2O2. The van der Waals surface area contributed by atoms with Gasteiger partial charge < -0.3 is 15.0 Å². The molecule has 0 unspecified atom stereocenters. The summed E-state index contributed by atoms with van der Waals surface area (Å²) < 4.78 is 5.38. The third-order valence-corrected chi connectivity index (χ3v) is 3.19. The minimum atomic E-state index is 0.155. The number of likely N-dealkylation sites (N-methyl/N-ethyl adjacent to an activating group) is 1. The second-order valence-electron chi connectivity index (χ2n) is 4.02. The van der Waals surface area contributed by atoms with Crippen molar-refractivity contribution >= 4 is 5.91 Å². The van der Waals surface area contributed by atoms with Crippen molar-refractivity contribution in [1.82, 2.24) is 10.2 Å². The summed E-state index contributed by atoms with van der Waals surface area (Å²) in [4.78, 5) is 13.7. The van der Waals surface area contributed by atoms with Gasteiger partial charge in [-0.2, -0.15) is 0 Å². The number of amides is 1. The van der Waals surface area contributed by atoms with Crippen LogP contribution in [0.3, 0.4) is 0 Å². The van der Waals surface area contributed by atoms with E-state index in [1.807, 2.05) is 11.8 Å². The summed E-state index contributed by atoms with van der Waals surface area (Å²) in [5.41, 5.74) is 0. The fourth-order valence-corrected chi connectivity index (χ4v) is 2.47. The van der Waals surface area contributed by atoms with Crippen LogP contribution in [0.4, 0.5) is 0 Å². The third kappa shape index (κ3) is 1.77. The zero-order chi connectivity index (χ0) is 9.97. The van der Waals surface area contributed by atoms with Crippen molar-refractivity contribution in [2.45, 2.75) is 19.4 Å². The summed E-state index contributed by atoms with van der Waals surface area (Å²) in [5, 5.41) is 3.35. The molecular weight excluding hydrogens is 180 g/mol. The molecule has 14 heavy (non-hydrogen) atoms. The summed E-state index contributed by atoms with van der Waals surface area (Å²) in [5.74, 6) is 0.636. The van der Waals surface area contributed by atoms with E-state index in [1.54, 1.807) is 0 Å². The molecule has 2 saturated heterocycles. The molecule has 0 saturated carbocycles. The number of nitrogens with zero attached hydrogens (tertiary/aromatic N) is 1. The smallest absolute Gasteiger partial charge is 0.248 e. The molecule has 0 aliphatic carbocycles. The Hall–Kier alpha value is -0.610. The molecule has 0 aromatic carbocycles. The first-order chi connectivity index (χ1) is 6.83. The highest BCUT2D eigenvalue weighted by molar-refractivity contribution is 5.78. The summed E-state index contributed by atoms with van der Waals surface area (Å²) in [6, 6.07) is 0.399. The summed E-state index contributed by atoms with van der Waals surface area (Å²) >= 11 is 0. The first-order valence-electron chi connectivity index (χ1n) is 5.41. The Morgan fingerprint density at radius 1 is 1.64 bits per heavy atom. The number of carbonyl (C=O) groups is 1. The largest absolute Gasteiger partial charge is 0.371 e. The molecule has 0 radical (unpaired) electrons. The van der Waals surface area contributed by atoms with Crippen LogP contribution in [0.15, 0.2) is 0 Å². The maximum absolute atomic E-state index is 11.7. The molecule has 2 heterocycles. The van der Waals surface area contributed by atoms with E-state index in [0.29, 0.717) is 12.0 Å². The summed E-state index contributed by atoms with van der Waals surface area (Å²) in [6.07, 6.45) is 1.06. The van der Waals surface area contributed by atoms with Crippen molar-refractivity contribution < 1.29 is 9.53 Å². The van der Waals surface area contributed by atoms with Crippen LogP contribution in [0.1, 0.15) is 13.3 Å². The van der Waals surface area contributed by atoms with Crippen molar-refractivity contribution in [3.05, 3.63) is 0 Å². The molecule has 4 heteroatoms. The van der Waals surface area contributed by atoms with Gasteiger partial charge in [0.15, 0.2) is 0 Å². The van der Waals surface area contributed by atoms with Gasteiger partial charge in [-0.15, -0.1) is 0 Å². The van der Waals surface area contributed by atoms with E-state index in [2.05, 4.69) is 5.32 Å². The molecule has 1 amide bonds. The average molecular weight is 198 g/mol. The maximum atomic E-state index is 11.7. The number of nitrogens with one attached hydrogen (secondary N) is 1. The predicted octanol–water partition coefficient (Wildman–Crippen LogP) is -0.157. The van der Waals surface area contributed by atoms with Crippen molar-refractivity contribution in [1.29, 1.82) is 0 Å². The van der Waals surface area contributed by atoms with Gasteiger partial charge in [-0.25, -0.2) is 0 Å². The Balaban J connectivity index is 2.13. The van der Waals surface area contributed by atoms with Crippen LogP contribution in [0.25, 0.3) is 0 Å². The van der Waals surface area contributed by atoms with E-state index in [0.717, 1.165) is 32.7 Å². The molecule has 2 aliphatic rings. The second-order valence-corrected chi connectivity index (χ2v) is 4.02. The van der Waals surface area contributed by atoms with Crippen molar-refractivity contribution in [3.63, 3.8) is 0 Å². The molecule has 1 N–H and O–H groups in total. The van der Waals surface area contributed by atoms with Gasteiger partial charge in [0.05, 0.1) is 6.61 Å². The van der Waals surface area contributed by atoms with E-state index in [9.17, 15) is 4.79 Å². The van der Waals surface area contributed by atoms with E-state index < -0.39 is 0 Å². The molecule has 0 aromatic heterocycles. The lowest BCUT2D eigenvalue weighted by Crippen LogP contribution is -2.51. The van der Waals surface area contributed by atoms with Crippen LogP contribution in [0.2, 0.25) is 0 Å². The van der Waals surface area contributed by atoms with E-state index in [-0.39, 0.29) is 12.5 Å². The van der Waals surface area contributed by atoms with Gasteiger partial charge in [-0.05, 0) is 19.9 Å². The Kier molecular flexibility index (Phi) is 3.03. The number of fused-ring (bicyclic) bond motifs is 1. The number of ether oxygens (including phenoxy) is 1. The van der Waals surface area contributed by atoms with Crippen LogP contribution in [0.5, 0.6) is 0 Å². The Morgan fingerprint density at radius 3 is 3.29 bits per heavy atom. The van der Waals surface area contributed by atoms with Crippen LogP contribution in [0, 0.1) is 5.92 Å². The number of carbonyl (C=O) groups excluding carboxylic acids is 1. The number of rotatable bonds is 1. The third-order valence-electron chi connectivity index (χ3n) is 3.19. The Labute approximate surface area is 84.6 Å². The van der Waals surface area contributed by atoms with Gasteiger partial charge in [0.1, 0.15) is 6.61 Å². The molecule has 0 bridgehead atoms. The first kappa shape index (κ1) is 9.93. The maximum Gasteiger partial charge on any atom is 0.248 e. The minimum Gasteiger partial charge on any atom is -0.371 e.